The van der Waals surface area contributed by atoms with Gasteiger partial charge in [-0.25, -0.2) is 0 Å². The lowest BCUT2D eigenvalue weighted by Crippen LogP contribution is -2.47. The highest BCUT2D eigenvalue weighted by Gasteiger charge is 2.20. The van der Waals surface area contributed by atoms with Crippen LogP contribution in [0.5, 0.6) is 0 Å². The maximum atomic E-state index is 12.1. The molecule has 69 heavy (non-hydrogen) atoms. The maximum Gasteiger partial charge on any atom is 0.317 e. The van der Waals surface area contributed by atoms with Gasteiger partial charge >= 0.3 is 23.9 Å². The Morgan fingerprint density at radius 2 is 0.652 bits per heavy atom. The third-order valence-corrected chi connectivity index (χ3v) is 8.34. The fourth-order valence-corrected chi connectivity index (χ4v) is 5.20. The van der Waals surface area contributed by atoms with Crippen molar-refractivity contribution in [3.05, 3.63) is 61.5 Å². The number of aliphatic carboxylic acids is 6. The molecule has 0 spiro atoms. The topological polar surface area (TPSA) is 348 Å². The number of nitrogens with one attached hydrogen (secondary N) is 2. The van der Waals surface area contributed by atoms with E-state index in [1.54, 1.807) is 43.1 Å². The second-order valence-corrected chi connectivity index (χ2v) is 14.3. The molecule has 0 aromatic carbocycles. The molecule has 0 aliphatic rings. The Balaban J connectivity index is -0.000000339. The van der Waals surface area contributed by atoms with Crippen LogP contribution in [0.3, 0.4) is 0 Å². The van der Waals surface area contributed by atoms with Gasteiger partial charge in [0, 0.05) is 76.8 Å². The van der Waals surface area contributed by atoms with Crippen molar-refractivity contribution in [2.75, 3.05) is 131 Å². The van der Waals surface area contributed by atoms with E-state index in [0.717, 1.165) is 4.90 Å². The first-order chi connectivity index (χ1) is 32.4. The van der Waals surface area contributed by atoms with Gasteiger partial charge in [0.05, 0.1) is 64.4 Å². The molecule has 0 atom stereocenters. The predicted molar refractivity (Wildman–Crippen MR) is 256 cm³/mol. The summed E-state index contributed by atoms with van der Waals surface area (Å²) in [5.74, 6) is -8.25. The van der Waals surface area contributed by atoms with Gasteiger partial charge in [0.1, 0.15) is 0 Å². The summed E-state index contributed by atoms with van der Waals surface area (Å²) < 4.78 is 0. The SMILES string of the molecule is C=CC.C=CC.C=CC.CC=C(CO)NC(=O)CN(CCN(CC)CCN(CC)CC(=O)[O-])CC(=O)[O-].CC=C(CO)NC(=O)CN(CCN(CCN(CC(=O)O)CC(=O)O)CC(=O)O)CC(=O)O. The van der Waals surface area contributed by atoms with Gasteiger partial charge in [-0.2, -0.15) is 0 Å². The number of allylic oxidation sites excluding steroid dienone is 5. The first-order valence-corrected chi connectivity index (χ1v) is 21.9. The average molecular weight is 989 g/mol. The standard InChI is InChI=1S/C18H30N4O10.C18H34N4O6.3C3H6/c1-2-13(12-23)19-14(24)7-21(9-16(27)28)5-3-20(8-15(25)26)4-6-22(10-17(29)30)11-18(31)32;1-4-15(14-23)19-16(24)11-22(13-18(27)28)10-8-20(5-2)7-9-21(6-3)12-17(25)26;3*1-3-2/h2,23H,3-12H2,1H3,(H,19,24)(H,25,26)(H,27,28)(H,29,30)(H,31,32);4,23H,5-14H2,1-3H3,(H,19,24)(H,25,26)(H,27,28);3*3H,1H2,2H3/p-2. The number of carbonyl (C=O) groups excluding carboxylic acids is 4. The molecule has 0 fully saturated rings. The molecule has 0 bridgehead atoms. The summed E-state index contributed by atoms with van der Waals surface area (Å²) in [4.78, 5) is 98.9. The molecule has 0 aliphatic heterocycles. The molecule has 0 unspecified atom stereocenters. The van der Waals surface area contributed by atoms with Crippen molar-refractivity contribution in [1.82, 2.24) is 40.0 Å². The fourth-order valence-electron chi connectivity index (χ4n) is 5.20. The highest BCUT2D eigenvalue weighted by atomic mass is 16.4. The van der Waals surface area contributed by atoms with Gasteiger partial charge in [0.25, 0.3) is 0 Å². The summed E-state index contributed by atoms with van der Waals surface area (Å²) in [7, 11) is 0. The average Bonchev–Trinajstić information content (AvgIpc) is 3.24. The summed E-state index contributed by atoms with van der Waals surface area (Å²) in [5.41, 5.74) is 0.593. The zero-order valence-corrected chi connectivity index (χ0v) is 41.6. The van der Waals surface area contributed by atoms with Gasteiger partial charge in [-0.3, -0.25) is 53.3 Å². The summed E-state index contributed by atoms with van der Waals surface area (Å²) in [5, 5.41) is 80.8. The zero-order chi connectivity index (χ0) is 54.3. The van der Waals surface area contributed by atoms with Crippen LogP contribution in [0.15, 0.2) is 61.5 Å². The monoisotopic (exact) mass is 989 g/mol. The molecule has 24 heteroatoms. The highest BCUT2D eigenvalue weighted by molar-refractivity contribution is 5.81. The van der Waals surface area contributed by atoms with E-state index < -0.39 is 80.4 Å². The molecular formula is C45H80N8O16-2. The molecule has 0 saturated carbocycles. The van der Waals surface area contributed by atoms with Gasteiger partial charge in [-0.15, -0.1) is 19.7 Å². The van der Waals surface area contributed by atoms with E-state index in [9.17, 15) is 48.6 Å². The number of aliphatic hydroxyl groups is 2. The van der Waals surface area contributed by atoms with Crippen LogP contribution in [0.4, 0.5) is 0 Å². The van der Waals surface area contributed by atoms with Crippen molar-refractivity contribution >= 4 is 47.6 Å². The number of nitrogens with zero attached hydrogens (tertiary/aromatic N) is 6. The number of carboxylic acids is 6. The van der Waals surface area contributed by atoms with Crippen LogP contribution >= 0.6 is 0 Å². The number of aliphatic hydroxyl groups excluding tert-OH is 2. The first kappa shape index (κ1) is 72.1. The summed E-state index contributed by atoms with van der Waals surface area (Å²) in [6.07, 6.45) is 8.29. The minimum Gasteiger partial charge on any atom is -0.549 e. The molecular weight excluding hydrogens is 909 g/mol. The smallest absolute Gasteiger partial charge is 0.317 e. The minimum atomic E-state index is -1.28. The Morgan fingerprint density at radius 3 is 0.913 bits per heavy atom. The van der Waals surface area contributed by atoms with Gasteiger partial charge in [0.15, 0.2) is 0 Å². The molecule has 24 nitrogen and oxygen atoms in total. The Morgan fingerprint density at radius 1 is 0.420 bits per heavy atom. The summed E-state index contributed by atoms with van der Waals surface area (Å²) in [6, 6.07) is 0. The molecule has 8 N–H and O–H groups in total. The quantitative estimate of drug-likeness (QED) is 0.0303. The van der Waals surface area contributed by atoms with Crippen molar-refractivity contribution in [3.63, 3.8) is 0 Å². The first-order valence-electron chi connectivity index (χ1n) is 21.9. The van der Waals surface area contributed by atoms with E-state index in [0.29, 0.717) is 45.0 Å². The van der Waals surface area contributed by atoms with E-state index >= 15 is 0 Å². The van der Waals surface area contributed by atoms with Crippen LogP contribution in [0, 0.1) is 0 Å². The molecule has 0 radical (unpaired) electrons. The summed E-state index contributed by atoms with van der Waals surface area (Å²) >= 11 is 0. The number of carboxylic acid groups (broad SMARTS) is 6. The minimum absolute atomic E-state index is 0.00480. The summed E-state index contributed by atoms with van der Waals surface area (Å²) in [6.45, 7) is 22.3. The largest absolute Gasteiger partial charge is 0.549 e. The molecule has 2 amide bonds. The van der Waals surface area contributed by atoms with Crippen molar-refractivity contribution < 1.29 is 79.2 Å². The van der Waals surface area contributed by atoms with Crippen LogP contribution in [0.2, 0.25) is 0 Å². The van der Waals surface area contributed by atoms with Gasteiger partial charge < -0.3 is 66.0 Å². The van der Waals surface area contributed by atoms with Crippen LogP contribution in [0.25, 0.3) is 0 Å². The third kappa shape index (κ3) is 51.4. The van der Waals surface area contributed by atoms with Gasteiger partial charge in [-0.1, -0.05) is 44.2 Å². The lowest BCUT2D eigenvalue weighted by atomic mass is 10.3. The van der Waals surface area contributed by atoms with E-state index in [4.69, 9.17) is 30.6 Å². The second-order valence-electron chi connectivity index (χ2n) is 14.3. The van der Waals surface area contributed by atoms with Crippen LogP contribution < -0.4 is 20.8 Å². The molecule has 0 rings (SSSR count). The highest BCUT2D eigenvalue weighted by Crippen LogP contribution is 1.99. The second kappa shape index (κ2) is 48.6. The van der Waals surface area contributed by atoms with E-state index in [1.807, 2.05) is 39.5 Å². The number of carbonyl (C=O) groups is 8. The molecule has 0 aromatic heterocycles. The van der Waals surface area contributed by atoms with E-state index in [1.165, 1.54) is 20.8 Å². The molecule has 0 heterocycles. The Bertz CT molecular complexity index is 1550. The van der Waals surface area contributed by atoms with Crippen LogP contribution in [-0.4, -0.2) is 239 Å². The van der Waals surface area contributed by atoms with Crippen LogP contribution in [0.1, 0.15) is 48.5 Å². The van der Waals surface area contributed by atoms with Crippen LogP contribution in [-0.2, 0) is 38.4 Å². The Labute approximate surface area is 407 Å². The van der Waals surface area contributed by atoms with Gasteiger partial charge in [-0.05, 0) is 47.7 Å². The Kier molecular flexibility index (Phi) is 50.8. The maximum absolute atomic E-state index is 12.1. The molecule has 398 valence electrons. The molecule has 0 saturated heterocycles. The fraction of sp³-hybridized carbons (Fsp3) is 0.600. The van der Waals surface area contributed by atoms with Crippen molar-refractivity contribution in [2.45, 2.75) is 48.5 Å². The van der Waals surface area contributed by atoms with E-state index in [2.05, 4.69) is 30.4 Å². The number of likely N-dealkylation sites (N-methyl/N-ethyl adjacent to an activating group) is 2. The number of hydrogen-bond donors (Lipinski definition) is 8. The predicted octanol–water partition coefficient (Wildman–Crippen LogP) is -2.74. The third-order valence-electron chi connectivity index (χ3n) is 8.34. The van der Waals surface area contributed by atoms with E-state index in [-0.39, 0.29) is 64.7 Å². The van der Waals surface area contributed by atoms with Crippen molar-refractivity contribution in [2.24, 2.45) is 0 Å². The zero-order valence-electron chi connectivity index (χ0n) is 41.6. The van der Waals surface area contributed by atoms with Crippen molar-refractivity contribution in [3.8, 4) is 0 Å². The molecule has 0 aromatic rings. The number of hydrogen-bond acceptors (Lipinski definition) is 18. The normalized spacial score (nSPS) is 10.9. The number of amides is 2. The lowest BCUT2D eigenvalue weighted by Gasteiger charge is -2.29. The molecule has 0 aliphatic carbocycles. The number of rotatable bonds is 34. The van der Waals surface area contributed by atoms with Crippen molar-refractivity contribution in [1.29, 1.82) is 0 Å². The van der Waals surface area contributed by atoms with Gasteiger partial charge in [0.2, 0.25) is 11.8 Å². The Hall–Kier alpha value is -5.86. The lowest BCUT2D eigenvalue weighted by molar-refractivity contribution is -0.307.